The van der Waals surface area contributed by atoms with Crippen molar-refractivity contribution in [3.8, 4) is 0 Å². The summed E-state index contributed by atoms with van der Waals surface area (Å²) in [5.74, 6) is -0.265. The van der Waals surface area contributed by atoms with Crippen LogP contribution in [-0.2, 0) is 9.53 Å². The molecule has 0 spiro atoms. The second-order valence-electron chi connectivity index (χ2n) is 7.30. The maximum atomic E-state index is 11.4. The van der Waals surface area contributed by atoms with Crippen molar-refractivity contribution in [1.29, 1.82) is 0 Å². The number of carbonyl (C=O) groups is 1. The van der Waals surface area contributed by atoms with E-state index in [2.05, 4.69) is 6.92 Å². The van der Waals surface area contributed by atoms with Gasteiger partial charge in [0.25, 0.3) is 0 Å². The van der Waals surface area contributed by atoms with E-state index in [1.54, 1.807) is 0 Å². The van der Waals surface area contributed by atoms with E-state index in [-0.39, 0.29) is 5.91 Å². The van der Waals surface area contributed by atoms with Crippen LogP contribution in [0, 0.1) is 0 Å². The van der Waals surface area contributed by atoms with Crippen LogP contribution in [0.5, 0.6) is 0 Å². The third kappa shape index (κ3) is 8.74. The molecule has 1 heterocycles. The van der Waals surface area contributed by atoms with E-state index in [4.69, 9.17) is 10.5 Å². The smallest absolute Gasteiger partial charge is 0.249 e. The molecule has 0 aliphatic carbocycles. The van der Waals surface area contributed by atoms with Gasteiger partial charge in [0.15, 0.2) is 0 Å². The fourth-order valence-electron chi connectivity index (χ4n) is 3.47. The molecular weight excluding hydrogens is 286 g/mol. The highest BCUT2D eigenvalue weighted by molar-refractivity contribution is 5.84. The lowest BCUT2D eigenvalue weighted by Crippen LogP contribution is -2.54. The number of rotatable bonds is 16. The molecule has 1 unspecified atom stereocenters. The normalized spacial score (nSPS) is 20.4. The molecule has 23 heavy (non-hydrogen) atoms. The first kappa shape index (κ1) is 20.5. The number of primary amides is 1. The number of hydrogen-bond acceptors (Lipinski definition) is 2. The average molecular weight is 326 g/mol. The van der Waals surface area contributed by atoms with Crippen molar-refractivity contribution >= 4 is 5.91 Å². The minimum Gasteiger partial charge on any atom is -0.367 e. The third-order valence-corrected chi connectivity index (χ3v) is 5.27. The number of unbranched alkanes of at least 4 members (excludes halogenated alkanes) is 13. The molecule has 1 rings (SSSR count). The Morgan fingerprint density at radius 2 is 1.22 bits per heavy atom. The molecule has 0 aromatic heterocycles. The van der Waals surface area contributed by atoms with Crippen LogP contribution in [0.15, 0.2) is 0 Å². The zero-order valence-corrected chi connectivity index (χ0v) is 15.4. The van der Waals surface area contributed by atoms with E-state index in [0.717, 1.165) is 19.3 Å². The summed E-state index contributed by atoms with van der Waals surface area (Å²) in [7, 11) is 0. The molecule has 3 heteroatoms. The standard InChI is InChI=1S/C20H39NO2/c1-2-3-4-5-6-7-8-9-10-11-12-13-14-15-16-20(19(21)22)17-18-23-20/h2-18H2,1H3,(H2,21,22). The van der Waals surface area contributed by atoms with E-state index >= 15 is 0 Å². The maximum absolute atomic E-state index is 11.4. The molecule has 1 aliphatic rings. The number of amides is 1. The Morgan fingerprint density at radius 3 is 1.52 bits per heavy atom. The van der Waals surface area contributed by atoms with Gasteiger partial charge in [-0.15, -0.1) is 0 Å². The Bertz CT molecular complexity index is 300. The van der Waals surface area contributed by atoms with Crippen LogP contribution >= 0.6 is 0 Å². The van der Waals surface area contributed by atoms with E-state index in [1.807, 2.05) is 0 Å². The minimum atomic E-state index is -0.600. The number of ether oxygens (including phenoxy) is 1. The molecule has 1 saturated heterocycles. The molecule has 0 saturated carbocycles. The molecule has 0 aromatic carbocycles. The molecule has 1 amide bonds. The largest absolute Gasteiger partial charge is 0.367 e. The van der Waals surface area contributed by atoms with Gasteiger partial charge < -0.3 is 10.5 Å². The van der Waals surface area contributed by atoms with Gasteiger partial charge in [0.2, 0.25) is 5.91 Å². The van der Waals surface area contributed by atoms with Crippen molar-refractivity contribution in [2.75, 3.05) is 6.61 Å². The minimum absolute atomic E-state index is 0.265. The van der Waals surface area contributed by atoms with Gasteiger partial charge in [-0.25, -0.2) is 0 Å². The second kappa shape index (κ2) is 12.8. The lowest BCUT2D eigenvalue weighted by atomic mass is 9.87. The van der Waals surface area contributed by atoms with Crippen LogP contribution < -0.4 is 5.73 Å². The molecule has 0 aromatic rings. The van der Waals surface area contributed by atoms with Crippen molar-refractivity contribution in [3.63, 3.8) is 0 Å². The first-order valence-electron chi connectivity index (χ1n) is 10.1. The first-order valence-corrected chi connectivity index (χ1v) is 10.1. The highest BCUT2D eigenvalue weighted by Crippen LogP contribution is 2.31. The molecule has 0 radical (unpaired) electrons. The summed E-state index contributed by atoms with van der Waals surface area (Å²) in [6, 6.07) is 0. The van der Waals surface area contributed by atoms with Crippen LogP contribution in [0.2, 0.25) is 0 Å². The van der Waals surface area contributed by atoms with Crippen LogP contribution in [0.25, 0.3) is 0 Å². The van der Waals surface area contributed by atoms with Gasteiger partial charge in [-0.3, -0.25) is 4.79 Å². The van der Waals surface area contributed by atoms with Crippen LogP contribution in [0.1, 0.15) is 110 Å². The predicted molar refractivity (Wildman–Crippen MR) is 97.4 cm³/mol. The lowest BCUT2D eigenvalue weighted by Gasteiger charge is -2.39. The molecule has 0 bridgehead atoms. The van der Waals surface area contributed by atoms with Crippen molar-refractivity contribution < 1.29 is 9.53 Å². The summed E-state index contributed by atoms with van der Waals surface area (Å²) < 4.78 is 5.42. The number of carbonyl (C=O) groups excluding carboxylic acids is 1. The molecule has 3 nitrogen and oxygen atoms in total. The SMILES string of the molecule is CCCCCCCCCCCCCCCCC1(C(N)=O)CCO1. The fourth-order valence-corrected chi connectivity index (χ4v) is 3.47. The Hall–Kier alpha value is -0.570. The van der Waals surface area contributed by atoms with Gasteiger partial charge in [-0.2, -0.15) is 0 Å². The second-order valence-corrected chi connectivity index (χ2v) is 7.30. The summed E-state index contributed by atoms with van der Waals surface area (Å²) in [5.41, 5.74) is 4.82. The van der Waals surface area contributed by atoms with E-state index in [9.17, 15) is 4.79 Å². The summed E-state index contributed by atoms with van der Waals surface area (Å²) in [5, 5.41) is 0. The molecule has 1 fully saturated rings. The van der Waals surface area contributed by atoms with Gasteiger partial charge >= 0.3 is 0 Å². The van der Waals surface area contributed by atoms with Gasteiger partial charge in [0, 0.05) is 6.42 Å². The molecule has 136 valence electrons. The third-order valence-electron chi connectivity index (χ3n) is 5.27. The quantitative estimate of drug-likeness (QED) is 0.381. The average Bonchev–Trinajstić information content (AvgIpc) is 2.49. The predicted octanol–water partition coefficient (Wildman–Crippen LogP) is 5.50. The first-order chi connectivity index (χ1) is 11.2. The summed E-state index contributed by atoms with van der Waals surface area (Å²) in [6.07, 6.45) is 20.6. The highest BCUT2D eigenvalue weighted by atomic mass is 16.5. The summed E-state index contributed by atoms with van der Waals surface area (Å²) >= 11 is 0. The zero-order valence-electron chi connectivity index (χ0n) is 15.4. The topological polar surface area (TPSA) is 52.3 Å². The number of nitrogens with two attached hydrogens (primary N) is 1. The molecule has 2 N–H and O–H groups in total. The van der Waals surface area contributed by atoms with Crippen molar-refractivity contribution in [2.24, 2.45) is 5.73 Å². The molecular formula is C20H39NO2. The zero-order chi connectivity index (χ0) is 16.8. The van der Waals surface area contributed by atoms with Crippen LogP contribution in [0.3, 0.4) is 0 Å². The monoisotopic (exact) mass is 325 g/mol. The van der Waals surface area contributed by atoms with Crippen molar-refractivity contribution in [1.82, 2.24) is 0 Å². The molecule has 1 atom stereocenters. The Labute approximate surface area is 143 Å². The van der Waals surface area contributed by atoms with Gasteiger partial charge in [0.05, 0.1) is 6.61 Å². The van der Waals surface area contributed by atoms with Gasteiger partial charge in [0.1, 0.15) is 5.60 Å². The van der Waals surface area contributed by atoms with E-state index in [0.29, 0.717) is 6.61 Å². The molecule has 1 aliphatic heterocycles. The Balaban J connectivity index is 1.77. The Morgan fingerprint density at radius 1 is 0.826 bits per heavy atom. The van der Waals surface area contributed by atoms with Gasteiger partial charge in [-0.05, 0) is 6.42 Å². The lowest BCUT2D eigenvalue weighted by molar-refractivity contribution is -0.175. The highest BCUT2D eigenvalue weighted by Gasteiger charge is 2.43. The summed E-state index contributed by atoms with van der Waals surface area (Å²) in [4.78, 5) is 11.4. The van der Waals surface area contributed by atoms with Crippen molar-refractivity contribution in [2.45, 2.75) is 115 Å². The van der Waals surface area contributed by atoms with Gasteiger partial charge in [-0.1, -0.05) is 96.8 Å². The Kier molecular flexibility index (Phi) is 11.4. The van der Waals surface area contributed by atoms with Crippen LogP contribution in [0.4, 0.5) is 0 Å². The van der Waals surface area contributed by atoms with E-state index < -0.39 is 5.60 Å². The van der Waals surface area contributed by atoms with Crippen molar-refractivity contribution in [3.05, 3.63) is 0 Å². The maximum Gasteiger partial charge on any atom is 0.249 e. The van der Waals surface area contributed by atoms with Crippen LogP contribution in [-0.4, -0.2) is 18.1 Å². The van der Waals surface area contributed by atoms with E-state index in [1.165, 1.54) is 83.5 Å². The number of hydrogen-bond donors (Lipinski definition) is 1. The fraction of sp³-hybridized carbons (Fsp3) is 0.950. The summed E-state index contributed by atoms with van der Waals surface area (Å²) in [6.45, 7) is 2.97.